The number of halogens is 2. The molecular formula is C29H44Br2N2O3. The number of carbonyl (C=O) groups is 2. The number of carbonyl (C=O) groups excluding carboxylic acids is 2. The van der Waals surface area contributed by atoms with E-state index in [1.807, 2.05) is 95.0 Å². The molecule has 0 fully saturated rings. The molecule has 0 aliphatic carbocycles. The van der Waals surface area contributed by atoms with Crippen LogP contribution in [0.3, 0.4) is 0 Å². The summed E-state index contributed by atoms with van der Waals surface area (Å²) >= 11 is 6.79. The summed E-state index contributed by atoms with van der Waals surface area (Å²) in [7, 11) is 0. The SMILES string of the molecule is CCCC=O.CCCCN(C(=O)OC(C)(C)C)[C@@H](C)c1ccc(Br)cc1.C[C@H](N)c1ccc(Br)cc1. The van der Waals surface area contributed by atoms with Crippen LogP contribution in [0.5, 0.6) is 0 Å². The van der Waals surface area contributed by atoms with Crippen molar-refractivity contribution in [1.82, 2.24) is 4.90 Å². The third kappa shape index (κ3) is 15.4. The van der Waals surface area contributed by atoms with Gasteiger partial charge >= 0.3 is 6.09 Å². The summed E-state index contributed by atoms with van der Waals surface area (Å²) in [5, 5.41) is 0. The predicted molar refractivity (Wildman–Crippen MR) is 158 cm³/mol. The van der Waals surface area contributed by atoms with Gasteiger partial charge in [-0.05, 0) is 82.9 Å². The first-order chi connectivity index (χ1) is 16.9. The van der Waals surface area contributed by atoms with Gasteiger partial charge in [0, 0.05) is 28.0 Å². The molecule has 0 unspecified atom stereocenters. The number of hydrogen-bond acceptors (Lipinski definition) is 4. The van der Waals surface area contributed by atoms with E-state index in [1.54, 1.807) is 0 Å². The van der Waals surface area contributed by atoms with Crippen molar-refractivity contribution in [3.8, 4) is 0 Å². The summed E-state index contributed by atoms with van der Waals surface area (Å²) in [4.78, 5) is 23.7. The van der Waals surface area contributed by atoms with Gasteiger partial charge in [-0.1, -0.05) is 76.4 Å². The maximum atomic E-state index is 12.4. The van der Waals surface area contributed by atoms with Crippen molar-refractivity contribution in [3.05, 3.63) is 68.6 Å². The van der Waals surface area contributed by atoms with Gasteiger partial charge in [0.2, 0.25) is 0 Å². The topological polar surface area (TPSA) is 72.6 Å². The second-order valence-corrected chi connectivity index (χ2v) is 11.4. The molecule has 7 heteroatoms. The summed E-state index contributed by atoms with van der Waals surface area (Å²) in [5.74, 6) is 0. The Bertz CT molecular complexity index is 864. The minimum Gasteiger partial charge on any atom is -0.444 e. The third-order valence-corrected chi connectivity index (χ3v) is 6.06. The summed E-state index contributed by atoms with van der Waals surface area (Å²) in [6, 6.07) is 16.3. The van der Waals surface area contributed by atoms with E-state index in [0.29, 0.717) is 13.0 Å². The maximum Gasteiger partial charge on any atom is 0.410 e. The predicted octanol–water partition coefficient (Wildman–Crippen LogP) is 9.00. The van der Waals surface area contributed by atoms with E-state index in [1.165, 1.54) is 5.56 Å². The molecule has 5 nitrogen and oxygen atoms in total. The Kier molecular flexibility index (Phi) is 17.7. The molecule has 2 rings (SSSR count). The Morgan fingerprint density at radius 1 is 0.944 bits per heavy atom. The normalized spacial score (nSPS) is 12.2. The lowest BCUT2D eigenvalue weighted by molar-refractivity contribution is -0.107. The van der Waals surface area contributed by atoms with Gasteiger partial charge in [0.15, 0.2) is 0 Å². The number of benzene rings is 2. The molecule has 0 spiro atoms. The van der Waals surface area contributed by atoms with Crippen LogP contribution in [0.25, 0.3) is 0 Å². The van der Waals surface area contributed by atoms with Gasteiger partial charge in [-0.25, -0.2) is 4.79 Å². The Hall–Kier alpha value is -1.70. The van der Waals surface area contributed by atoms with Crippen LogP contribution < -0.4 is 5.73 Å². The van der Waals surface area contributed by atoms with Crippen molar-refractivity contribution in [2.24, 2.45) is 5.73 Å². The number of unbranched alkanes of at least 4 members (excludes halogenated alkanes) is 2. The number of aldehydes is 1. The highest BCUT2D eigenvalue weighted by molar-refractivity contribution is 9.10. The fourth-order valence-electron chi connectivity index (χ4n) is 2.90. The molecule has 0 heterocycles. The van der Waals surface area contributed by atoms with Crippen LogP contribution in [0.2, 0.25) is 0 Å². The van der Waals surface area contributed by atoms with E-state index < -0.39 is 5.60 Å². The van der Waals surface area contributed by atoms with Gasteiger partial charge in [-0.2, -0.15) is 0 Å². The van der Waals surface area contributed by atoms with E-state index in [9.17, 15) is 9.59 Å². The van der Waals surface area contributed by atoms with Gasteiger partial charge in [0.05, 0.1) is 6.04 Å². The number of nitrogens with two attached hydrogens (primary N) is 1. The maximum absolute atomic E-state index is 12.4. The number of ether oxygens (including phenoxy) is 1. The van der Waals surface area contributed by atoms with Crippen LogP contribution >= 0.6 is 31.9 Å². The van der Waals surface area contributed by atoms with Crippen LogP contribution in [0.4, 0.5) is 4.79 Å². The van der Waals surface area contributed by atoms with Crippen LogP contribution in [-0.2, 0) is 9.53 Å². The fourth-order valence-corrected chi connectivity index (χ4v) is 3.43. The summed E-state index contributed by atoms with van der Waals surface area (Å²) in [6.45, 7) is 14.5. The average molecular weight is 628 g/mol. The standard InChI is InChI=1S/C17H26BrNO2.C8H10BrN.C4H8O/c1-6-7-12-19(16(20)21-17(3,4)5)13(2)14-8-10-15(18)11-9-14;1-6(10)7-2-4-8(9)5-3-7;1-2-3-4-5/h8-11,13H,6-7,12H2,1-5H3;2-6H,10H2,1H3;4H,2-3H2,1H3/t13-;6-;/m00./s1. The molecule has 0 aliphatic heterocycles. The van der Waals surface area contributed by atoms with Crippen molar-refractivity contribution < 1.29 is 14.3 Å². The Morgan fingerprint density at radius 3 is 1.75 bits per heavy atom. The smallest absolute Gasteiger partial charge is 0.410 e. The zero-order chi connectivity index (χ0) is 27.7. The average Bonchev–Trinajstić information content (AvgIpc) is 2.80. The first kappa shape index (κ1) is 34.3. The lowest BCUT2D eigenvalue weighted by Crippen LogP contribution is -2.39. The molecule has 2 N–H and O–H groups in total. The number of amides is 1. The fraction of sp³-hybridized carbons (Fsp3) is 0.517. The van der Waals surface area contributed by atoms with Gasteiger partial charge in [0.1, 0.15) is 11.9 Å². The minimum atomic E-state index is -0.471. The molecule has 0 saturated heterocycles. The van der Waals surface area contributed by atoms with E-state index >= 15 is 0 Å². The molecule has 0 bridgehead atoms. The second-order valence-electron chi connectivity index (χ2n) is 9.55. The van der Waals surface area contributed by atoms with Gasteiger partial charge in [-0.15, -0.1) is 0 Å². The number of nitrogens with zero attached hydrogens (tertiary/aromatic N) is 1. The highest BCUT2D eigenvalue weighted by atomic mass is 79.9. The van der Waals surface area contributed by atoms with Crippen molar-refractivity contribution in [3.63, 3.8) is 0 Å². The monoisotopic (exact) mass is 626 g/mol. The summed E-state index contributed by atoms with van der Waals surface area (Å²) in [6.07, 6.45) is 4.39. The molecule has 2 atom stereocenters. The highest BCUT2D eigenvalue weighted by Gasteiger charge is 2.26. The molecule has 0 saturated carbocycles. The van der Waals surface area contributed by atoms with Gasteiger partial charge in [0.25, 0.3) is 0 Å². The van der Waals surface area contributed by atoms with Crippen molar-refractivity contribution in [1.29, 1.82) is 0 Å². The third-order valence-electron chi connectivity index (χ3n) is 5.00. The van der Waals surface area contributed by atoms with Crippen LogP contribution in [-0.4, -0.2) is 29.4 Å². The highest BCUT2D eigenvalue weighted by Crippen LogP contribution is 2.25. The van der Waals surface area contributed by atoms with E-state index in [-0.39, 0.29) is 18.2 Å². The van der Waals surface area contributed by atoms with Crippen molar-refractivity contribution in [2.45, 2.75) is 91.8 Å². The largest absolute Gasteiger partial charge is 0.444 e. The summed E-state index contributed by atoms with van der Waals surface area (Å²) in [5.41, 5.74) is 7.46. The lowest BCUT2D eigenvalue weighted by atomic mass is 10.1. The molecule has 1 amide bonds. The van der Waals surface area contributed by atoms with Gasteiger partial charge in [-0.3, -0.25) is 0 Å². The Labute approximate surface area is 235 Å². The van der Waals surface area contributed by atoms with E-state index in [2.05, 4.69) is 38.8 Å². The molecule has 0 aliphatic rings. The second kappa shape index (κ2) is 18.5. The van der Waals surface area contributed by atoms with Crippen LogP contribution in [0.15, 0.2) is 57.5 Å². The Morgan fingerprint density at radius 2 is 1.42 bits per heavy atom. The molecule has 2 aromatic carbocycles. The van der Waals surface area contributed by atoms with Gasteiger partial charge < -0.3 is 20.2 Å². The summed E-state index contributed by atoms with van der Waals surface area (Å²) < 4.78 is 7.67. The molecule has 36 heavy (non-hydrogen) atoms. The lowest BCUT2D eigenvalue weighted by Gasteiger charge is -2.32. The first-order valence-corrected chi connectivity index (χ1v) is 14.1. The van der Waals surface area contributed by atoms with Crippen LogP contribution in [0.1, 0.15) is 97.4 Å². The zero-order valence-corrected chi connectivity index (χ0v) is 26.1. The molecule has 2 aromatic rings. The van der Waals surface area contributed by atoms with Crippen LogP contribution in [0, 0.1) is 0 Å². The minimum absolute atomic E-state index is 0.000463. The van der Waals surface area contributed by atoms with E-state index in [4.69, 9.17) is 10.5 Å². The van der Waals surface area contributed by atoms with Crippen molar-refractivity contribution in [2.75, 3.05) is 6.54 Å². The quantitative estimate of drug-likeness (QED) is 0.296. The molecule has 0 aromatic heterocycles. The number of hydrogen-bond donors (Lipinski definition) is 1. The zero-order valence-electron chi connectivity index (χ0n) is 22.9. The molecular weight excluding hydrogens is 584 g/mol. The van der Waals surface area contributed by atoms with E-state index in [0.717, 1.165) is 40.1 Å². The first-order valence-electron chi connectivity index (χ1n) is 12.6. The Balaban J connectivity index is 0.000000670. The number of rotatable bonds is 8. The van der Waals surface area contributed by atoms with Crippen molar-refractivity contribution >= 4 is 44.2 Å². The molecule has 0 radical (unpaired) electrons. The molecule has 202 valence electrons.